The zero-order chi connectivity index (χ0) is 21.1. The maximum Gasteiger partial charge on any atom is 0.255 e. The summed E-state index contributed by atoms with van der Waals surface area (Å²) < 4.78 is 0. The Kier molecular flexibility index (Phi) is 5.96. The van der Waals surface area contributed by atoms with Crippen molar-refractivity contribution in [2.45, 2.75) is 13.0 Å². The second kappa shape index (κ2) is 8.81. The number of aromatic nitrogens is 1. The van der Waals surface area contributed by atoms with Crippen molar-refractivity contribution in [3.8, 4) is 11.3 Å². The Hall–Kier alpha value is -2.97. The van der Waals surface area contributed by atoms with Crippen LogP contribution in [0.4, 0.5) is 5.13 Å². The fourth-order valence-electron chi connectivity index (χ4n) is 3.20. The van der Waals surface area contributed by atoms with Crippen LogP contribution in [0.2, 0.25) is 0 Å². The van der Waals surface area contributed by atoms with E-state index in [0.717, 1.165) is 16.9 Å². The highest BCUT2D eigenvalue weighted by molar-refractivity contribution is 7.99. The van der Waals surface area contributed by atoms with Crippen molar-refractivity contribution in [1.82, 2.24) is 9.88 Å². The Balaban J connectivity index is 1.55. The number of carbonyl (C=O) groups is 3. The Bertz CT molecular complexity index is 1080. The number of amides is 2. The molecule has 0 unspecified atom stereocenters. The van der Waals surface area contributed by atoms with Crippen LogP contribution < -0.4 is 5.32 Å². The zero-order valence-electron chi connectivity index (χ0n) is 16.2. The lowest BCUT2D eigenvalue weighted by Gasteiger charge is -2.22. The molecule has 0 spiro atoms. The fourth-order valence-corrected chi connectivity index (χ4v) is 5.24. The summed E-state index contributed by atoms with van der Waals surface area (Å²) in [4.78, 5) is 44.4. The first kappa shape index (κ1) is 20.3. The van der Waals surface area contributed by atoms with Gasteiger partial charge in [0, 0.05) is 23.8 Å². The van der Waals surface area contributed by atoms with E-state index in [9.17, 15) is 14.4 Å². The molecule has 1 atom stereocenters. The van der Waals surface area contributed by atoms with Crippen molar-refractivity contribution in [3.63, 3.8) is 0 Å². The van der Waals surface area contributed by atoms with Crippen molar-refractivity contribution < 1.29 is 14.4 Å². The Labute approximate surface area is 182 Å². The first-order valence-corrected chi connectivity index (χ1v) is 11.3. The van der Waals surface area contributed by atoms with Gasteiger partial charge in [-0.05, 0) is 12.1 Å². The van der Waals surface area contributed by atoms with Crippen LogP contribution in [-0.2, 0) is 4.79 Å². The number of hydrogen-bond acceptors (Lipinski definition) is 6. The van der Waals surface area contributed by atoms with Crippen molar-refractivity contribution in [2.24, 2.45) is 0 Å². The largest absolute Gasteiger partial charge is 0.316 e. The summed E-state index contributed by atoms with van der Waals surface area (Å²) in [5, 5.41) is 3.17. The summed E-state index contributed by atoms with van der Waals surface area (Å²) in [6, 6.07) is 17.7. The van der Waals surface area contributed by atoms with Gasteiger partial charge in [-0.3, -0.25) is 14.4 Å². The first-order valence-electron chi connectivity index (χ1n) is 9.36. The average Bonchev–Trinajstić information content (AvgIpc) is 3.42. The van der Waals surface area contributed by atoms with Crippen LogP contribution in [0.5, 0.6) is 0 Å². The second-order valence-corrected chi connectivity index (χ2v) is 8.76. The normalized spacial score (nSPS) is 15.8. The molecule has 152 valence electrons. The number of thiazole rings is 1. The highest BCUT2D eigenvalue weighted by Crippen LogP contribution is 2.32. The van der Waals surface area contributed by atoms with Gasteiger partial charge in [0.25, 0.3) is 5.91 Å². The number of nitrogens with one attached hydrogen (secondary N) is 1. The number of benzene rings is 2. The molecule has 1 aromatic heterocycles. The van der Waals surface area contributed by atoms with Crippen LogP contribution in [-0.4, -0.2) is 45.2 Å². The molecular weight excluding hydrogens is 418 g/mol. The van der Waals surface area contributed by atoms with E-state index in [0.29, 0.717) is 32.9 Å². The number of Topliss-reactive ketones (excluding diaryl/α,β-unsaturated/α-hetero) is 1. The molecule has 30 heavy (non-hydrogen) atoms. The molecule has 0 radical (unpaired) electrons. The van der Waals surface area contributed by atoms with Crippen LogP contribution >= 0.6 is 23.1 Å². The minimum absolute atomic E-state index is 0.107. The van der Waals surface area contributed by atoms with E-state index >= 15 is 0 Å². The van der Waals surface area contributed by atoms with E-state index in [-0.39, 0.29) is 17.6 Å². The standard InChI is InChI=1S/C22H19N3O3S2/c1-14(26)19-18(15-8-4-2-5-9-15)23-22(30-19)24-20(27)17-12-29-13-25(17)21(28)16-10-6-3-7-11-16/h2-11,17H,12-13H2,1H3,(H,23,24,27)/t17-/m0/s1. The summed E-state index contributed by atoms with van der Waals surface area (Å²) in [7, 11) is 0. The fraction of sp³-hybridized carbons (Fsp3) is 0.182. The van der Waals surface area contributed by atoms with E-state index < -0.39 is 6.04 Å². The average molecular weight is 438 g/mol. The van der Waals surface area contributed by atoms with Gasteiger partial charge in [0.15, 0.2) is 10.9 Å². The quantitative estimate of drug-likeness (QED) is 0.606. The first-order chi connectivity index (χ1) is 14.5. The Morgan fingerprint density at radius 1 is 1.03 bits per heavy atom. The highest BCUT2D eigenvalue weighted by atomic mass is 32.2. The minimum atomic E-state index is -0.590. The molecule has 0 bridgehead atoms. The summed E-state index contributed by atoms with van der Waals surface area (Å²) in [6.07, 6.45) is 0. The lowest BCUT2D eigenvalue weighted by molar-refractivity contribution is -0.119. The molecule has 1 fully saturated rings. The lowest BCUT2D eigenvalue weighted by atomic mass is 10.1. The highest BCUT2D eigenvalue weighted by Gasteiger charge is 2.35. The van der Waals surface area contributed by atoms with E-state index in [2.05, 4.69) is 10.3 Å². The number of thioether (sulfide) groups is 1. The predicted molar refractivity (Wildman–Crippen MR) is 120 cm³/mol. The minimum Gasteiger partial charge on any atom is -0.316 e. The molecule has 3 aromatic rings. The van der Waals surface area contributed by atoms with Crippen LogP contribution in [0, 0.1) is 0 Å². The van der Waals surface area contributed by atoms with Gasteiger partial charge in [0.1, 0.15) is 6.04 Å². The van der Waals surface area contributed by atoms with Crippen molar-refractivity contribution in [1.29, 1.82) is 0 Å². The van der Waals surface area contributed by atoms with Gasteiger partial charge in [-0.25, -0.2) is 4.98 Å². The van der Waals surface area contributed by atoms with Crippen LogP contribution in [0.3, 0.4) is 0 Å². The molecule has 8 heteroatoms. The summed E-state index contributed by atoms with van der Waals surface area (Å²) in [5.74, 6) is 0.393. The van der Waals surface area contributed by atoms with Crippen molar-refractivity contribution in [2.75, 3.05) is 16.9 Å². The Morgan fingerprint density at radius 2 is 1.70 bits per heavy atom. The van der Waals surface area contributed by atoms with Gasteiger partial charge in [0.2, 0.25) is 5.91 Å². The molecule has 2 heterocycles. The van der Waals surface area contributed by atoms with Crippen LogP contribution in [0.25, 0.3) is 11.3 Å². The number of rotatable bonds is 5. The third-order valence-corrected chi connectivity index (χ3v) is 6.77. The number of carbonyl (C=O) groups excluding carboxylic acids is 3. The van der Waals surface area contributed by atoms with Gasteiger partial charge in [-0.2, -0.15) is 0 Å². The van der Waals surface area contributed by atoms with Crippen LogP contribution in [0.15, 0.2) is 60.7 Å². The third kappa shape index (κ3) is 4.15. The molecule has 0 aliphatic carbocycles. The molecule has 6 nitrogen and oxygen atoms in total. The third-order valence-electron chi connectivity index (χ3n) is 4.69. The maximum absolute atomic E-state index is 13.0. The van der Waals surface area contributed by atoms with Crippen molar-refractivity contribution >= 4 is 45.8 Å². The van der Waals surface area contributed by atoms with E-state index in [1.54, 1.807) is 29.2 Å². The molecule has 4 rings (SSSR count). The lowest BCUT2D eigenvalue weighted by Crippen LogP contribution is -2.44. The molecular formula is C22H19N3O3S2. The number of ketones is 1. The summed E-state index contributed by atoms with van der Waals surface area (Å²) in [6.45, 7) is 1.49. The molecule has 0 saturated carbocycles. The number of nitrogens with zero attached hydrogens (tertiary/aromatic N) is 2. The summed E-state index contributed by atoms with van der Waals surface area (Å²) in [5.41, 5.74) is 1.93. The molecule has 1 aliphatic heterocycles. The monoisotopic (exact) mass is 437 g/mol. The van der Waals surface area contributed by atoms with Gasteiger partial charge in [0.05, 0.1) is 16.4 Å². The van der Waals surface area contributed by atoms with Gasteiger partial charge < -0.3 is 10.2 Å². The summed E-state index contributed by atoms with van der Waals surface area (Å²) >= 11 is 2.69. The number of hydrogen-bond donors (Lipinski definition) is 1. The second-order valence-electron chi connectivity index (χ2n) is 6.76. The molecule has 1 N–H and O–H groups in total. The smallest absolute Gasteiger partial charge is 0.255 e. The topological polar surface area (TPSA) is 79.4 Å². The molecule has 2 amide bonds. The SMILES string of the molecule is CC(=O)c1sc(NC(=O)[C@@H]2CSCN2C(=O)c2ccccc2)nc1-c1ccccc1. The number of anilines is 1. The Morgan fingerprint density at radius 3 is 2.37 bits per heavy atom. The predicted octanol–water partition coefficient (Wildman–Crippen LogP) is 4.17. The van der Waals surface area contributed by atoms with E-state index in [1.807, 2.05) is 36.4 Å². The molecule has 1 saturated heterocycles. The van der Waals surface area contributed by atoms with Gasteiger partial charge >= 0.3 is 0 Å². The van der Waals surface area contributed by atoms with Crippen LogP contribution in [0.1, 0.15) is 27.0 Å². The van der Waals surface area contributed by atoms with Gasteiger partial charge in [-0.1, -0.05) is 59.9 Å². The molecule has 1 aliphatic rings. The van der Waals surface area contributed by atoms with Crippen molar-refractivity contribution in [3.05, 3.63) is 71.1 Å². The van der Waals surface area contributed by atoms with E-state index in [4.69, 9.17) is 0 Å². The van der Waals surface area contributed by atoms with E-state index in [1.165, 1.54) is 18.7 Å². The zero-order valence-corrected chi connectivity index (χ0v) is 17.8. The maximum atomic E-state index is 13.0. The van der Waals surface area contributed by atoms with Gasteiger partial charge in [-0.15, -0.1) is 11.8 Å². The molecule has 2 aromatic carbocycles.